The highest BCUT2D eigenvalue weighted by atomic mass is 15.3. The van der Waals surface area contributed by atoms with E-state index in [1.807, 2.05) is 24.4 Å². The highest BCUT2D eigenvalue weighted by Crippen LogP contribution is 2.25. The number of rotatable bonds is 5. The first-order chi connectivity index (χ1) is 15.3. The maximum Gasteiger partial charge on any atom is 0.136 e. The van der Waals surface area contributed by atoms with E-state index >= 15 is 0 Å². The smallest absolute Gasteiger partial charge is 0.136 e. The second-order valence-electron chi connectivity index (χ2n) is 8.08. The molecule has 0 unspecified atom stereocenters. The Morgan fingerprint density at radius 1 is 0.806 bits per heavy atom. The summed E-state index contributed by atoms with van der Waals surface area (Å²) in [5, 5.41) is 2.50. The summed E-state index contributed by atoms with van der Waals surface area (Å²) in [5.41, 5.74) is 9.18. The van der Waals surface area contributed by atoms with E-state index in [1.54, 1.807) is 0 Å². The second kappa shape index (κ2) is 8.74. The Kier molecular flexibility index (Phi) is 5.50. The Morgan fingerprint density at radius 3 is 2.42 bits per heavy atom. The van der Waals surface area contributed by atoms with Crippen molar-refractivity contribution in [1.82, 2.24) is 14.9 Å². The van der Waals surface area contributed by atoms with E-state index in [0.29, 0.717) is 5.82 Å². The number of hydrogen-bond donors (Lipinski definition) is 1. The Bertz CT molecular complexity index is 1160. The first-order valence-corrected chi connectivity index (χ1v) is 10.9. The van der Waals surface area contributed by atoms with Gasteiger partial charge in [0, 0.05) is 49.9 Å². The van der Waals surface area contributed by atoms with Crippen LogP contribution in [0.4, 0.5) is 11.6 Å². The predicted molar refractivity (Wildman–Crippen MR) is 128 cm³/mol. The number of nitrogens with two attached hydrogens (primary N) is 1. The monoisotopic (exact) mass is 409 g/mol. The van der Waals surface area contributed by atoms with Gasteiger partial charge in [-0.2, -0.15) is 0 Å². The lowest BCUT2D eigenvalue weighted by atomic mass is 10.1. The summed E-state index contributed by atoms with van der Waals surface area (Å²) >= 11 is 0. The average Bonchev–Trinajstić information content (AvgIpc) is 2.83. The van der Waals surface area contributed by atoms with Gasteiger partial charge in [-0.1, -0.05) is 54.6 Å². The molecular formula is C26H27N5. The van der Waals surface area contributed by atoms with Crippen molar-refractivity contribution in [3.63, 3.8) is 0 Å². The van der Waals surface area contributed by atoms with Crippen LogP contribution < -0.4 is 10.6 Å². The molecule has 31 heavy (non-hydrogen) atoms. The van der Waals surface area contributed by atoms with Gasteiger partial charge in [-0.15, -0.1) is 0 Å². The van der Waals surface area contributed by atoms with Crippen LogP contribution in [0.15, 0.2) is 79.0 Å². The summed E-state index contributed by atoms with van der Waals surface area (Å²) < 4.78 is 0. The van der Waals surface area contributed by atoms with Gasteiger partial charge in [-0.25, -0.2) is 9.97 Å². The average molecular weight is 410 g/mol. The van der Waals surface area contributed by atoms with E-state index in [4.69, 9.17) is 5.73 Å². The third-order valence-electron chi connectivity index (χ3n) is 6.06. The molecule has 1 fully saturated rings. The molecule has 3 heterocycles. The topological polar surface area (TPSA) is 58.3 Å². The fraction of sp³-hybridized carbons (Fsp3) is 0.231. The number of aromatic nitrogens is 2. The molecule has 2 N–H and O–H groups in total. The Hall–Kier alpha value is -3.44. The molecule has 0 radical (unpaired) electrons. The lowest BCUT2D eigenvalue weighted by Gasteiger charge is -2.35. The molecule has 0 saturated carbocycles. The zero-order valence-corrected chi connectivity index (χ0v) is 17.6. The van der Waals surface area contributed by atoms with Gasteiger partial charge in [0.15, 0.2) is 0 Å². The van der Waals surface area contributed by atoms with E-state index in [9.17, 15) is 0 Å². The van der Waals surface area contributed by atoms with Gasteiger partial charge >= 0.3 is 0 Å². The molecule has 5 rings (SSSR count). The fourth-order valence-corrected chi connectivity index (χ4v) is 4.28. The third-order valence-corrected chi connectivity index (χ3v) is 6.06. The van der Waals surface area contributed by atoms with E-state index in [-0.39, 0.29) is 0 Å². The second-order valence-corrected chi connectivity index (χ2v) is 8.08. The maximum atomic E-state index is 5.81. The molecule has 5 heteroatoms. The van der Waals surface area contributed by atoms with Crippen molar-refractivity contribution in [2.45, 2.75) is 6.42 Å². The fourth-order valence-electron chi connectivity index (χ4n) is 4.28. The van der Waals surface area contributed by atoms with Crippen LogP contribution in [0.3, 0.4) is 0 Å². The Balaban J connectivity index is 1.17. The van der Waals surface area contributed by atoms with Crippen molar-refractivity contribution in [2.75, 3.05) is 43.4 Å². The van der Waals surface area contributed by atoms with Crippen LogP contribution in [-0.2, 0) is 6.42 Å². The van der Waals surface area contributed by atoms with Crippen LogP contribution in [0.5, 0.6) is 0 Å². The standard InChI is InChI=1S/C26H27N5/c27-25-7-3-6-24(29-25)22-10-8-20(9-11-22)13-15-30-16-18-31(19-17-30)26-23-5-2-1-4-21(23)12-14-28-26/h1-12,14H,13,15-19H2,(H2,27,29). The van der Waals surface area contributed by atoms with Crippen LogP contribution in [0, 0.1) is 0 Å². The minimum atomic E-state index is 0.555. The van der Waals surface area contributed by atoms with Crippen molar-refractivity contribution >= 4 is 22.4 Å². The van der Waals surface area contributed by atoms with Gasteiger partial charge in [0.25, 0.3) is 0 Å². The third kappa shape index (κ3) is 4.37. The first kappa shape index (κ1) is 19.5. The Labute approximate surface area is 183 Å². The number of piperazine rings is 1. The van der Waals surface area contributed by atoms with Crippen LogP contribution in [0.2, 0.25) is 0 Å². The molecule has 0 bridgehead atoms. The lowest BCUT2D eigenvalue weighted by Crippen LogP contribution is -2.47. The van der Waals surface area contributed by atoms with Gasteiger partial charge in [-0.3, -0.25) is 4.90 Å². The van der Waals surface area contributed by atoms with Crippen molar-refractivity contribution in [1.29, 1.82) is 0 Å². The van der Waals surface area contributed by atoms with Gasteiger partial charge < -0.3 is 10.6 Å². The number of benzene rings is 2. The van der Waals surface area contributed by atoms with Crippen molar-refractivity contribution in [3.05, 3.63) is 84.6 Å². The Morgan fingerprint density at radius 2 is 1.61 bits per heavy atom. The largest absolute Gasteiger partial charge is 0.384 e. The molecule has 2 aromatic carbocycles. The molecule has 156 valence electrons. The molecule has 0 aliphatic carbocycles. The summed E-state index contributed by atoms with van der Waals surface area (Å²) in [6.45, 7) is 5.24. The van der Waals surface area contributed by atoms with Crippen LogP contribution >= 0.6 is 0 Å². The molecule has 1 saturated heterocycles. The zero-order valence-electron chi connectivity index (χ0n) is 17.6. The quantitative estimate of drug-likeness (QED) is 0.534. The van der Waals surface area contributed by atoms with Gasteiger partial charge in [-0.05, 0) is 35.6 Å². The van der Waals surface area contributed by atoms with Gasteiger partial charge in [0.1, 0.15) is 11.6 Å². The molecule has 0 atom stereocenters. The van der Waals surface area contributed by atoms with Crippen LogP contribution in [0.25, 0.3) is 22.0 Å². The minimum absolute atomic E-state index is 0.555. The molecule has 1 aliphatic rings. The zero-order chi connectivity index (χ0) is 21.0. The molecule has 4 aromatic rings. The SMILES string of the molecule is Nc1cccc(-c2ccc(CCN3CCN(c4nccc5ccccc45)CC3)cc2)n1. The minimum Gasteiger partial charge on any atom is -0.384 e. The van der Waals surface area contributed by atoms with Crippen molar-refractivity contribution < 1.29 is 0 Å². The summed E-state index contributed by atoms with van der Waals surface area (Å²) in [6.07, 6.45) is 2.98. The normalized spacial score (nSPS) is 14.8. The van der Waals surface area contributed by atoms with Crippen LogP contribution in [0.1, 0.15) is 5.56 Å². The number of nitrogen functional groups attached to an aromatic ring is 1. The van der Waals surface area contributed by atoms with Crippen molar-refractivity contribution in [3.8, 4) is 11.3 Å². The molecule has 0 amide bonds. The van der Waals surface area contributed by atoms with Gasteiger partial charge in [0.2, 0.25) is 0 Å². The van der Waals surface area contributed by atoms with E-state index in [2.05, 4.69) is 74.4 Å². The van der Waals surface area contributed by atoms with Crippen molar-refractivity contribution in [2.24, 2.45) is 0 Å². The lowest BCUT2D eigenvalue weighted by molar-refractivity contribution is 0.260. The summed E-state index contributed by atoms with van der Waals surface area (Å²) in [7, 11) is 0. The summed E-state index contributed by atoms with van der Waals surface area (Å²) in [6, 6.07) is 25.0. The highest BCUT2D eigenvalue weighted by molar-refractivity contribution is 5.92. The van der Waals surface area contributed by atoms with E-state index in [1.165, 1.54) is 16.3 Å². The number of fused-ring (bicyclic) bond motifs is 1. The summed E-state index contributed by atoms with van der Waals surface area (Å²) in [4.78, 5) is 14.1. The number of pyridine rings is 2. The summed E-state index contributed by atoms with van der Waals surface area (Å²) in [5.74, 6) is 1.67. The number of anilines is 2. The number of hydrogen-bond acceptors (Lipinski definition) is 5. The molecule has 1 aliphatic heterocycles. The molecule has 5 nitrogen and oxygen atoms in total. The van der Waals surface area contributed by atoms with Gasteiger partial charge in [0.05, 0.1) is 5.69 Å². The highest BCUT2D eigenvalue weighted by Gasteiger charge is 2.19. The number of nitrogens with zero attached hydrogens (tertiary/aromatic N) is 4. The van der Waals surface area contributed by atoms with E-state index in [0.717, 1.165) is 56.2 Å². The first-order valence-electron chi connectivity index (χ1n) is 10.9. The molecule has 2 aromatic heterocycles. The van der Waals surface area contributed by atoms with Crippen LogP contribution in [-0.4, -0.2) is 47.6 Å². The maximum absolute atomic E-state index is 5.81. The molecular weight excluding hydrogens is 382 g/mol. The molecule has 0 spiro atoms. The predicted octanol–water partition coefficient (Wildman–Crippen LogP) is 4.24. The van der Waals surface area contributed by atoms with E-state index < -0.39 is 0 Å².